The van der Waals surface area contributed by atoms with Crippen LogP contribution in [0.4, 0.5) is 0 Å². The molecule has 0 atom stereocenters. The smallest absolute Gasteiger partial charge is 0.276 e. The summed E-state index contributed by atoms with van der Waals surface area (Å²) in [6.07, 6.45) is 0.338. The molecule has 0 radical (unpaired) electrons. The average Bonchev–Trinajstić information content (AvgIpc) is 2.86. The highest BCUT2D eigenvalue weighted by Gasteiger charge is 2.17. The fourth-order valence-electron chi connectivity index (χ4n) is 3.92. The van der Waals surface area contributed by atoms with Crippen LogP contribution < -0.4 is 15.6 Å². The van der Waals surface area contributed by atoms with Crippen LogP contribution in [0.3, 0.4) is 0 Å². The third kappa shape index (κ3) is 7.03. The number of amides is 2. The van der Waals surface area contributed by atoms with Crippen LogP contribution in [0.25, 0.3) is 10.8 Å². The molecule has 0 bridgehead atoms. The summed E-state index contributed by atoms with van der Waals surface area (Å²) in [5, 5.41) is 2.16. The van der Waals surface area contributed by atoms with E-state index in [1.165, 1.54) is 5.56 Å². The highest BCUT2D eigenvalue weighted by molar-refractivity contribution is 5.84. The predicted molar refractivity (Wildman–Crippen MR) is 129 cm³/mol. The first-order valence-corrected chi connectivity index (χ1v) is 11.3. The normalized spacial score (nSPS) is 14.7. The largest absolute Gasteiger partial charge is 0.484 e. The molecule has 0 unspecified atom stereocenters. The maximum Gasteiger partial charge on any atom is 0.276 e. The van der Waals surface area contributed by atoms with Crippen molar-refractivity contribution < 1.29 is 14.3 Å². The van der Waals surface area contributed by atoms with Gasteiger partial charge in [0.15, 0.2) is 6.61 Å². The van der Waals surface area contributed by atoms with E-state index in [1.54, 1.807) is 0 Å². The number of hydrogen-bond donors (Lipinski definition) is 2. The number of hydrazine groups is 1. The molecule has 172 valence electrons. The van der Waals surface area contributed by atoms with Crippen LogP contribution in [0.1, 0.15) is 12.0 Å². The molecule has 3 aromatic rings. The summed E-state index contributed by atoms with van der Waals surface area (Å²) >= 11 is 0. The van der Waals surface area contributed by atoms with Crippen LogP contribution >= 0.6 is 0 Å². The number of benzene rings is 3. The van der Waals surface area contributed by atoms with Crippen molar-refractivity contribution in [2.45, 2.75) is 13.0 Å². The van der Waals surface area contributed by atoms with Crippen molar-refractivity contribution in [1.82, 2.24) is 20.7 Å². The Balaban J connectivity index is 1.09. The van der Waals surface area contributed by atoms with E-state index in [-0.39, 0.29) is 12.5 Å². The molecule has 2 N–H and O–H groups in total. The number of carbonyl (C=O) groups excluding carboxylic acids is 2. The van der Waals surface area contributed by atoms with E-state index in [0.29, 0.717) is 18.7 Å². The second-order valence-corrected chi connectivity index (χ2v) is 8.25. The molecule has 1 heterocycles. The zero-order chi connectivity index (χ0) is 22.9. The first-order valence-electron chi connectivity index (χ1n) is 11.3. The van der Waals surface area contributed by atoms with Gasteiger partial charge in [0.2, 0.25) is 5.91 Å². The Hall–Kier alpha value is -3.42. The minimum Gasteiger partial charge on any atom is -0.484 e. The minimum atomic E-state index is -0.397. The van der Waals surface area contributed by atoms with E-state index >= 15 is 0 Å². The van der Waals surface area contributed by atoms with Crippen LogP contribution in [0.15, 0.2) is 72.8 Å². The second kappa shape index (κ2) is 11.4. The maximum absolute atomic E-state index is 12.1. The Labute approximate surface area is 194 Å². The van der Waals surface area contributed by atoms with Crippen molar-refractivity contribution in [3.05, 3.63) is 78.4 Å². The number of ether oxygens (including phenoxy) is 1. The molecule has 0 spiro atoms. The quantitative estimate of drug-likeness (QED) is 0.521. The van der Waals surface area contributed by atoms with E-state index in [0.717, 1.165) is 43.5 Å². The van der Waals surface area contributed by atoms with Crippen LogP contribution in [-0.2, 0) is 16.1 Å². The minimum absolute atomic E-state index is 0.165. The highest BCUT2D eigenvalue weighted by atomic mass is 16.5. The summed E-state index contributed by atoms with van der Waals surface area (Å²) in [5.41, 5.74) is 6.22. The molecule has 1 aliphatic heterocycles. The SMILES string of the molecule is O=C(CCN1CCN(Cc2ccccc2)CC1)NNC(=O)COc1ccc2ccccc2c1. The van der Waals surface area contributed by atoms with Crippen molar-refractivity contribution in [1.29, 1.82) is 0 Å². The third-order valence-electron chi connectivity index (χ3n) is 5.80. The lowest BCUT2D eigenvalue weighted by atomic mass is 10.1. The zero-order valence-corrected chi connectivity index (χ0v) is 18.7. The Morgan fingerprint density at radius 3 is 2.21 bits per heavy atom. The Morgan fingerprint density at radius 2 is 1.42 bits per heavy atom. The molecular formula is C26H30N4O3. The summed E-state index contributed by atoms with van der Waals surface area (Å²) < 4.78 is 5.54. The summed E-state index contributed by atoms with van der Waals surface area (Å²) in [4.78, 5) is 28.8. The summed E-state index contributed by atoms with van der Waals surface area (Å²) in [5.74, 6) is 0.00777. The van der Waals surface area contributed by atoms with Gasteiger partial charge >= 0.3 is 0 Å². The van der Waals surface area contributed by atoms with Gasteiger partial charge < -0.3 is 9.64 Å². The van der Waals surface area contributed by atoms with Gasteiger partial charge in [-0.15, -0.1) is 0 Å². The molecule has 4 rings (SSSR count). The van der Waals surface area contributed by atoms with Crippen LogP contribution in [0, 0.1) is 0 Å². The van der Waals surface area contributed by atoms with Crippen LogP contribution in [0.5, 0.6) is 5.75 Å². The van der Waals surface area contributed by atoms with Gasteiger partial charge in [0.25, 0.3) is 5.91 Å². The fourth-order valence-corrected chi connectivity index (χ4v) is 3.92. The van der Waals surface area contributed by atoms with Gasteiger partial charge in [-0.1, -0.05) is 60.7 Å². The highest BCUT2D eigenvalue weighted by Crippen LogP contribution is 2.20. The lowest BCUT2D eigenvalue weighted by molar-refractivity contribution is -0.130. The Bertz CT molecular complexity index is 1070. The van der Waals surface area contributed by atoms with E-state index in [1.807, 2.05) is 48.5 Å². The predicted octanol–water partition coefficient (Wildman–Crippen LogP) is 2.57. The van der Waals surface area contributed by atoms with E-state index in [9.17, 15) is 9.59 Å². The second-order valence-electron chi connectivity index (χ2n) is 8.25. The molecule has 7 nitrogen and oxygen atoms in total. The number of carbonyl (C=O) groups is 2. The van der Waals surface area contributed by atoms with Crippen molar-refractivity contribution in [3.8, 4) is 5.75 Å². The Morgan fingerprint density at radius 1 is 0.758 bits per heavy atom. The third-order valence-corrected chi connectivity index (χ3v) is 5.80. The summed E-state index contributed by atoms with van der Waals surface area (Å²) in [6.45, 7) is 5.32. The molecule has 0 aliphatic carbocycles. The molecule has 0 saturated carbocycles. The summed E-state index contributed by atoms with van der Waals surface area (Å²) in [7, 11) is 0. The van der Waals surface area contributed by atoms with E-state index < -0.39 is 5.91 Å². The topological polar surface area (TPSA) is 73.9 Å². The lowest BCUT2D eigenvalue weighted by Crippen LogP contribution is -2.48. The van der Waals surface area contributed by atoms with Gasteiger partial charge in [-0.3, -0.25) is 25.3 Å². The molecule has 7 heteroatoms. The van der Waals surface area contributed by atoms with Crippen molar-refractivity contribution in [3.63, 3.8) is 0 Å². The first kappa shape index (κ1) is 22.8. The standard InChI is InChI=1S/C26H30N4O3/c31-25(12-13-29-14-16-30(17-15-29)19-21-6-2-1-3-7-21)27-28-26(32)20-33-24-11-10-22-8-4-5-9-23(22)18-24/h1-11,18H,12-17,19-20H2,(H,27,31)(H,28,32). The Kier molecular flexibility index (Phi) is 7.90. The van der Waals surface area contributed by atoms with Gasteiger partial charge in [-0.05, 0) is 28.5 Å². The molecule has 2 amide bonds. The van der Waals surface area contributed by atoms with E-state index in [2.05, 4.69) is 44.9 Å². The number of piperazine rings is 1. The molecular weight excluding hydrogens is 416 g/mol. The first-order chi connectivity index (χ1) is 16.2. The van der Waals surface area contributed by atoms with Crippen LogP contribution in [-0.4, -0.2) is 60.9 Å². The number of nitrogens with one attached hydrogen (secondary N) is 2. The number of fused-ring (bicyclic) bond motifs is 1. The van der Waals surface area contributed by atoms with Crippen molar-refractivity contribution in [2.75, 3.05) is 39.3 Å². The fraction of sp³-hybridized carbons (Fsp3) is 0.308. The molecule has 1 fully saturated rings. The van der Waals surface area contributed by atoms with Crippen molar-refractivity contribution in [2.24, 2.45) is 0 Å². The summed E-state index contributed by atoms with van der Waals surface area (Å²) in [6, 6.07) is 24.1. The van der Waals surface area contributed by atoms with Crippen molar-refractivity contribution >= 4 is 22.6 Å². The molecule has 1 aliphatic rings. The average molecular weight is 447 g/mol. The molecule has 33 heavy (non-hydrogen) atoms. The van der Waals surface area contributed by atoms with Crippen LogP contribution in [0.2, 0.25) is 0 Å². The number of nitrogens with zero attached hydrogens (tertiary/aromatic N) is 2. The van der Waals surface area contributed by atoms with Gasteiger partial charge in [0.1, 0.15) is 5.75 Å². The zero-order valence-electron chi connectivity index (χ0n) is 18.7. The number of hydrogen-bond acceptors (Lipinski definition) is 5. The van der Waals surface area contributed by atoms with E-state index in [4.69, 9.17) is 4.74 Å². The van der Waals surface area contributed by atoms with Gasteiger partial charge in [0.05, 0.1) is 0 Å². The molecule has 0 aromatic heterocycles. The van der Waals surface area contributed by atoms with Gasteiger partial charge in [0, 0.05) is 45.7 Å². The number of rotatable bonds is 8. The maximum atomic E-state index is 12.1. The van der Waals surface area contributed by atoms with Gasteiger partial charge in [-0.25, -0.2) is 0 Å². The lowest BCUT2D eigenvalue weighted by Gasteiger charge is -2.34. The molecule has 1 saturated heterocycles. The van der Waals surface area contributed by atoms with Gasteiger partial charge in [-0.2, -0.15) is 0 Å². The molecule has 3 aromatic carbocycles. The monoisotopic (exact) mass is 446 g/mol.